The van der Waals surface area contributed by atoms with Crippen LogP contribution in [0.25, 0.3) is 5.57 Å². The Hall–Kier alpha value is -2.31. The van der Waals surface area contributed by atoms with E-state index in [1.165, 1.54) is 7.11 Å². The second-order valence-corrected chi connectivity index (χ2v) is 5.23. The summed E-state index contributed by atoms with van der Waals surface area (Å²) in [5, 5.41) is 1.92. The summed E-state index contributed by atoms with van der Waals surface area (Å²) >= 11 is 0. The lowest BCUT2D eigenvalue weighted by molar-refractivity contribution is -0.132. The number of para-hydroxylation sites is 1. The molecule has 23 heavy (non-hydrogen) atoms. The molecule has 0 atom stereocenters. The van der Waals surface area contributed by atoms with Gasteiger partial charge in [-0.15, -0.1) is 0 Å². The van der Waals surface area contributed by atoms with Gasteiger partial charge in [-0.05, 0) is 11.6 Å². The third kappa shape index (κ3) is 2.83. The molecule has 0 amide bonds. The normalized spacial score (nSPS) is 16.0. The highest BCUT2D eigenvalue weighted by atomic mass is 16.7. The molecule has 0 aromatic heterocycles. The van der Waals surface area contributed by atoms with Gasteiger partial charge in [0.25, 0.3) is 0 Å². The molecule has 6 nitrogen and oxygen atoms in total. The molecule has 2 heterocycles. The number of esters is 1. The summed E-state index contributed by atoms with van der Waals surface area (Å²) in [4.78, 5) is 21.1. The van der Waals surface area contributed by atoms with Crippen LogP contribution in [-0.4, -0.2) is 39.3 Å². The molecular weight excluding hydrogens is 296 g/mol. The molecular formula is C17H18N2O4. The Kier molecular flexibility index (Phi) is 4.36. The molecule has 2 aliphatic heterocycles. The highest BCUT2D eigenvalue weighted by Gasteiger charge is 2.28. The highest BCUT2D eigenvalue weighted by molar-refractivity contribution is 6.39. The molecule has 3 rings (SSSR count). The van der Waals surface area contributed by atoms with Crippen molar-refractivity contribution in [3.63, 3.8) is 0 Å². The van der Waals surface area contributed by atoms with Gasteiger partial charge in [-0.25, -0.2) is 14.8 Å². The van der Waals surface area contributed by atoms with Crippen molar-refractivity contribution in [3.05, 3.63) is 46.2 Å². The summed E-state index contributed by atoms with van der Waals surface area (Å²) < 4.78 is 15.3. The van der Waals surface area contributed by atoms with Gasteiger partial charge >= 0.3 is 5.97 Å². The van der Waals surface area contributed by atoms with Crippen molar-refractivity contribution in [2.45, 2.75) is 19.1 Å². The summed E-state index contributed by atoms with van der Waals surface area (Å²) in [5.41, 5.74) is 2.85. The summed E-state index contributed by atoms with van der Waals surface area (Å²) in [6.45, 7) is 0. The SMILES string of the molecule is COC(=O)C1=NC(CC(OC)OC)=C2N=c3ccccc3=C2C1. The zero-order chi connectivity index (χ0) is 16.4. The first-order chi connectivity index (χ1) is 11.2. The zero-order valence-corrected chi connectivity index (χ0v) is 13.3. The van der Waals surface area contributed by atoms with Crippen LogP contribution in [0.4, 0.5) is 0 Å². The lowest BCUT2D eigenvalue weighted by Crippen LogP contribution is -2.26. The predicted octanol–water partition coefficient (Wildman–Crippen LogP) is 0.709. The number of nitrogens with zero attached hydrogens (tertiary/aromatic N) is 2. The van der Waals surface area contributed by atoms with Crippen molar-refractivity contribution in [1.82, 2.24) is 0 Å². The van der Waals surface area contributed by atoms with Crippen LogP contribution in [0.3, 0.4) is 0 Å². The number of fused-ring (bicyclic) bond motifs is 2. The Morgan fingerprint density at radius 1 is 1.17 bits per heavy atom. The average molecular weight is 314 g/mol. The van der Waals surface area contributed by atoms with Crippen LogP contribution in [0.1, 0.15) is 12.8 Å². The van der Waals surface area contributed by atoms with E-state index in [-0.39, 0.29) is 0 Å². The van der Waals surface area contributed by atoms with Crippen molar-refractivity contribution < 1.29 is 19.0 Å². The molecule has 0 saturated heterocycles. The number of allylic oxidation sites excluding steroid dienone is 1. The van der Waals surface area contributed by atoms with Crippen LogP contribution in [0.5, 0.6) is 0 Å². The molecule has 0 N–H and O–H groups in total. The first-order valence-electron chi connectivity index (χ1n) is 7.30. The molecule has 120 valence electrons. The second-order valence-electron chi connectivity index (χ2n) is 5.23. The summed E-state index contributed by atoms with van der Waals surface area (Å²) in [5.74, 6) is -0.426. The molecule has 0 radical (unpaired) electrons. The Morgan fingerprint density at radius 2 is 1.91 bits per heavy atom. The predicted molar refractivity (Wildman–Crippen MR) is 84.1 cm³/mol. The maximum Gasteiger partial charge on any atom is 0.352 e. The smallest absolute Gasteiger partial charge is 0.352 e. The fourth-order valence-corrected chi connectivity index (χ4v) is 2.78. The maximum absolute atomic E-state index is 12.0. The van der Waals surface area contributed by atoms with Crippen molar-refractivity contribution in [3.8, 4) is 0 Å². The molecule has 0 unspecified atom stereocenters. The molecule has 2 aliphatic rings. The van der Waals surface area contributed by atoms with E-state index >= 15 is 0 Å². The number of ether oxygens (including phenoxy) is 3. The molecule has 1 aromatic carbocycles. The number of rotatable bonds is 5. The topological polar surface area (TPSA) is 69.5 Å². The van der Waals surface area contributed by atoms with E-state index in [0.717, 1.165) is 21.8 Å². The lowest BCUT2D eigenvalue weighted by Gasteiger charge is -2.19. The van der Waals surface area contributed by atoms with Crippen molar-refractivity contribution in [2.24, 2.45) is 9.98 Å². The second kappa shape index (κ2) is 6.44. The van der Waals surface area contributed by atoms with Crippen LogP contribution in [0.15, 0.2) is 45.6 Å². The van der Waals surface area contributed by atoms with Crippen LogP contribution < -0.4 is 10.6 Å². The van der Waals surface area contributed by atoms with E-state index < -0.39 is 12.3 Å². The Labute approximate surface area is 133 Å². The summed E-state index contributed by atoms with van der Waals surface area (Å²) in [6.07, 6.45) is 0.374. The molecule has 1 aromatic rings. The third-order valence-electron chi connectivity index (χ3n) is 3.94. The van der Waals surface area contributed by atoms with E-state index in [1.807, 2.05) is 24.3 Å². The van der Waals surface area contributed by atoms with Gasteiger partial charge in [0.2, 0.25) is 0 Å². The minimum Gasteiger partial charge on any atom is -0.465 e. The number of carbonyl (C=O) groups is 1. The number of benzene rings is 1. The minimum absolute atomic E-state index is 0.374. The van der Waals surface area contributed by atoms with Gasteiger partial charge in [0.1, 0.15) is 5.71 Å². The summed E-state index contributed by atoms with van der Waals surface area (Å²) in [7, 11) is 4.49. The number of carbonyl (C=O) groups excluding carboxylic acids is 1. The van der Waals surface area contributed by atoms with Crippen LogP contribution in [0.2, 0.25) is 0 Å². The minimum atomic E-state index is -0.446. The van der Waals surface area contributed by atoms with Gasteiger partial charge in [0, 0.05) is 32.3 Å². The maximum atomic E-state index is 12.0. The number of hydrogen-bond acceptors (Lipinski definition) is 6. The highest BCUT2D eigenvalue weighted by Crippen LogP contribution is 2.31. The Balaban J connectivity index is 2.13. The van der Waals surface area contributed by atoms with Crippen molar-refractivity contribution >= 4 is 17.3 Å². The van der Waals surface area contributed by atoms with E-state index in [4.69, 9.17) is 14.2 Å². The molecule has 0 saturated carbocycles. The van der Waals surface area contributed by atoms with Crippen molar-refractivity contribution in [1.29, 1.82) is 0 Å². The van der Waals surface area contributed by atoms with Gasteiger partial charge in [-0.3, -0.25) is 0 Å². The summed E-state index contributed by atoms with van der Waals surface area (Å²) in [6, 6.07) is 7.85. The molecule has 6 heteroatoms. The quantitative estimate of drug-likeness (QED) is 0.593. The first kappa shape index (κ1) is 15.6. The van der Waals surface area contributed by atoms with Gasteiger partial charge < -0.3 is 14.2 Å². The standard InChI is InChI=1S/C17H18N2O4/c1-21-15(22-2)9-13-16-11(8-14(18-13)17(20)23-3)10-6-4-5-7-12(10)19-16/h4-7,15H,8-9H2,1-3H3. The third-order valence-corrected chi connectivity index (χ3v) is 3.94. The Bertz CT molecular complexity index is 819. The Morgan fingerprint density at radius 3 is 2.61 bits per heavy atom. The number of methoxy groups -OCH3 is 3. The largest absolute Gasteiger partial charge is 0.465 e. The van der Waals surface area contributed by atoms with E-state index in [1.54, 1.807) is 14.2 Å². The van der Waals surface area contributed by atoms with E-state index in [9.17, 15) is 4.79 Å². The number of hydrogen-bond donors (Lipinski definition) is 0. The first-order valence-corrected chi connectivity index (χ1v) is 7.30. The van der Waals surface area contributed by atoms with Gasteiger partial charge in [0.15, 0.2) is 6.29 Å². The molecule has 0 spiro atoms. The fraction of sp³-hybridized carbons (Fsp3) is 0.353. The van der Waals surface area contributed by atoms with E-state index in [2.05, 4.69) is 9.98 Å². The average Bonchev–Trinajstić information content (AvgIpc) is 2.97. The van der Waals surface area contributed by atoms with Crippen molar-refractivity contribution in [2.75, 3.05) is 21.3 Å². The fourth-order valence-electron chi connectivity index (χ4n) is 2.78. The zero-order valence-electron chi connectivity index (χ0n) is 13.3. The van der Waals surface area contributed by atoms with Gasteiger partial charge in [-0.1, -0.05) is 18.2 Å². The van der Waals surface area contributed by atoms with E-state index in [0.29, 0.717) is 24.3 Å². The lowest BCUT2D eigenvalue weighted by atomic mass is 9.98. The molecule has 0 bridgehead atoms. The van der Waals surface area contributed by atoms with Crippen LogP contribution in [0, 0.1) is 0 Å². The molecule has 0 aliphatic carbocycles. The molecule has 0 fully saturated rings. The monoisotopic (exact) mass is 314 g/mol. The van der Waals surface area contributed by atoms with Crippen LogP contribution in [-0.2, 0) is 19.0 Å². The van der Waals surface area contributed by atoms with Gasteiger partial charge in [0.05, 0.1) is 23.9 Å². The van der Waals surface area contributed by atoms with Crippen LogP contribution >= 0.6 is 0 Å². The van der Waals surface area contributed by atoms with Gasteiger partial charge in [-0.2, -0.15) is 0 Å². The number of aliphatic imine (C=N–C) groups is 1.